The average Bonchev–Trinajstić information content (AvgIpc) is 2.15. The highest BCUT2D eigenvalue weighted by Crippen LogP contribution is 2.19. The molecule has 0 saturated carbocycles. The molecule has 0 radical (unpaired) electrons. The molecule has 78 valence electrons. The number of rotatable bonds is 1. The van der Waals surface area contributed by atoms with Gasteiger partial charge in [0.1, 0.15) is 5.82 Å². The number of nitrogens with zero attached hydrogens (tertiary/aromatic N) is 2. The second-order valence-electron chi connectivity index (χ2n) is 2.50. The Balaban J connectivity index is 2.89. The summed E-state index contributed by atoms with van der Waals surface area (Å²) >= 11 is 6.91. The van der Waals surface area contributed by atoms with Gasteiger partial charge in [-0.15, -0.1) is 4.99 Å². The van der Waals surface area contributed by atoms with Gasteiger partial charge in [-0.1, -0.05) is 23.4 Å². The topological polar surface area (TPSA) is 48.2 Å². The number of nitrogens with one attached hydrogen (secondary N) is 1. The standard InChI is InChI=1S/C9H7ClFN3S/c1-15-9(13-5-12)14-8-3-6(10)2-7(11)4-8/h2-4H,1H3,(H,13,14). The number of amidine groups is 1. The first-order valence-corrected chi connectivity index (χ1v) is 5.50. The van der Waals surface area contributed by atoms with E-state index in [0.29, 0.717) is 10.9 Å². The van der Waals surface area contributed by atoms with Gasteiger partial charge in [-0.2, -0.15) is 5.26 Å². The molecule has 0 aliphatic heterocycles. The lowest BCUT2D eigenvalue weighted by Gasteiger charge is -2.06. The summed E-state index contributed by atoms with van der Waals surface area (Å²) in [6.07, 6.45) is 3.40. The first-order valence-electron chi connectivity index (χ1n) is 3.89. The van der Waals surface area contributed by atoms with Crippen molar-refractivity contribution in [3.05, 3.63) is 29.0 Å². The number of aliphatic imine (C=N–C) groups is 1. The average molecular weight is 244 g/mol. The molecule has 1 N–H and O–H groups in total. The number of nitriles is 1. The molecule has 1 rings (SSSR count). The summed E-state index contributed by atoms with van der Waals surface area (Å²) in [7, 11) is 0. The monoisotopic (exact) mass is 243 g/mol. The largest absolute Gasteiger partial charge is 0.334 e. The van der Waals surface area contributed by atoms with E-state index in [2.05, 4.69) is 10.3 Å². The minimum absolute atomic E-state index is 0.287. The molecule has 0 atom stereocenters. The Morgan fingerprint density at radius 2 is 2.33 bits per heavy atom. The number of thioether (sulfide) groups is 1. The lowest BCUT2D eigenvalue weighted by atomic mass is 10.3. The summed E-state index contributed by atoms with van der Waals surface area (Å²) in [5, 5.41) is 11.8. The molecule has 1 aromatic rings. The van der Waals surface area contributed by atoms with Crippen molar-refractivity contribution in [2.75, 3.05) is 11.6 Å². The van der Waals surface area contributed by atoms with Crippen LogP contribution in [0.4, 0.5) is 10.1 Å². The molecule has 0 aliphatic carbocycles. The number of hydrogen-bond donors (Lipinski definition) is 1. The predicted molar refractivity (Wildman–Crippen MR) is 61.6 cm³/mol. The third-order valence-electron chi connectivity index (χ3n) is 1.46. The Morgan fingerprint density at radius 1 is 1.60 bits per heavy atom. The maximum absolute atomic E-state index is 12.9. The van der Waals surface area contributed by atoms with Crippen molar-refractivity contribution in [2.45, 2.75) is 0 Å². The molecular weight excluding hydrogens is 237 g/mol. The fraction of sp³-hybridized carbons (Fsp3) is 0.111. The molecule has 0 spiro atoms. The van der Waals surface area contributed by atoms with Crippen LogP contribution in [0.25, 0.3) is 0 Å². The van der Waals surface area contributed by atoms with Crippen LogP contribution in [-0.4, -0.2) is 11.4 Å². The highest BCUT2D eigenvalue weighted by molar-refractivity contribution is 8.13. The smallest absolute Gasteiger partial charge is 0.208 e. The van der Waals surface area contributed by atoms with E-state index >= 15 is 0 Å². The molecular formula is C9H7ClFN3S. The zero-order valence-corrected chi connectivity index (χ0v) is 9.36. The van der Waals surface area contributed by atoms with Gasteiger partial charge >= 0.3 is 0 Å². The lowest BCUT2D eigenvalue weighted by Crippen LogP contribution is -2.06. The van der Waals surface area contributed by atoms with Gasteiger partial charge in [0.25, 0.3) is 0 Å². The minimum Gasteiger partial charge on any atom is -0.334 e. The van der Waals surface area contributed by atoms with Crippen LogP contribution < -0.4 is 5.32 Å². The van der Waals surface area contributed by atoms with E-state index in [1.807, 2.05) is 0 Å². The quantitative estimate of drug-likeness (QED) is 0.468. The molecule has 0 bridgehead atoms. The second kappa shape index (κ2) is 5.59. The lowest BCUT2D eigenvalue weighted by molar-refractivity contribution is 0.628. The summed E-state index contributed by atoms with van der Waals surface area (Å²) in [6, 6.07) is 4.02. The molecule has 0 saturated heterocycles. The Morgan fingerprint density at radius 3 is 2.87 bits per heavy atom. The number of anilines is 1. The van der Waals surface area contributed by atoms with Gasteiger partial charge in [0.05, 0.1) is 0 Å². The molecule has 0 amide bonds. The zero-order chi connectivity index (χ0) is 11.3. The van der Waals surface area contributed by atoms with Crippen molar-refractivity contribution in [3.63, 3.8) is 0 Å². The van der Waals surface area contributed by atoms with E-state index in [0.717, 1.165) is 0 Å². The minimum atomic E-state index is -0.442. The fourth-order valence-corrected chi connectivity index (χ4v) is 1.49. The molecule has 0 heterocycles. The van der Waals surface area contributed by atoms with Gasteiger partial charge < -0.3 is 5.32 Å². The van der Waals surface area contributed by atoms with Gasteiger partial charge in [0.15, 0.2) is 5.17 Å². The highest BCUT2D eigenvalue weighted by Gasteiger charge is 2.02. The Labute approximate surface area is 96.0 Å². The van der Waals surface area contributed by atoms with Crippen LogP contribution in [-0.2, 0) is 0 Å². The molecule has 6 heteroatoms. The zero-order valence-electron chi connectivity index (χ0n) is 7.79. The van der Waals surface area contributed by atoms with Crippen LogP contribution >= 0.6 is 23.4 Å². The number of hydrogen-bond acceptors (Lipinski definition) is 3. The molecule has 15 heavy (non-hydrogen) atoms. The fourth-order valence-electron chi connectivity index (χ4n) is 0.920. The SMILES string of the molecule is CS/C(=N\C#N)Nc1cc(F)cc(Cl)c1. The summed E-state index contributed by atoms with van der Waals surface area (Å²) < 4.78 is 12.9. The second-order valence-corrected chi connectivity index (χ2v) is 3.74. The Bertz CT molecular complexity index is 408. The van der Waals surface area contributed by atoms with Gasteiger partial charge in [0.2, 0.25) is 6.19 Å². The van der Waals surface area contributed by atoms with Crippen LogP contribution in [0.5, 0.6) is 0 Å². The molecule has 1 aromatic carbocycles. The van der Waals surface area contributed by atoms with Crippen molar-refractivity contribution >= 4 is 34.2 Å². The van der Waals surface area contributed by atoms with Crippen LogP contribution in [0.15, 0.2) is 23.2 Å². The van der Waals surface area contributed by atoms with Crippen molar-refractivity contribution in [2.24, 2.45) is 4.99 Å². The summed E-state index contributed by atoms with van der Waals surface area (Å²) in [6.45, 7) is 0. The maximum atomic E-state index is 12.9. The highest BCUT2D eigenvalue weighted by atomic mass is 35.5. The predicted octanol–water partition coefficient (Wildman–Crippen LogP) is 3.09. The van der Waals surface area contributed by atoms with Gasteiger partial charge in [-0.05, 0) is 24.5 Å². The summed E-state index contributed by atoms with van der Waals surface area (Å²) in [5.41, 5.74) is 0.461. The third kappa shape index (κ3) is 3.78. The van der Waals surface area contributed by atoms with Gasteiger partial charge in [0, 0.05) is 10.7 Å². The first kappa shape index (κ1) is 11.8. The third-order valence-corrected chi connectivity index (χ3v) is 2.26. The van der Waals surface area contributed by atoms with Crippen molar-refractivity contribution in [1.82, 2.24) is 0 Å². The van der Waals surface area contributed by atoms with Crippen molar-refractivity contribution < 1.29 is 4.39 Å². The Hall–Kier alpha value is -1.25. The van der Waals surface area contributed by atoms with Gasteiger partial charge in [-0.25, -0.2) is 4.39 Å². The first-order chi connectivity index (χ1) is 7.15. The summed E-state index contributed by atoms with van der Waals surface area (Å²) in [4.78, 5) is 3.51. The normalized spacial score (nSPS) is 10.9. The van der Waals surface area contributed by atoms with Gasteiger partial charge in [-0.3, -0.25) is 0 Å². The molecule has 0 aromatic heterocycles. The van der Waals surface area contributed by atoms with Crippen LogP contribution in [0.1, 0.15) is 0 Å². The number of halogens is 2. The van der Waals surface area contributed by atoms with E-state index in [1.54, 1.807) is 18.5 Å². The molecule has 0 fully saturated rings. The number of benzene rings is 1. The maximum Gasteiger partial charge on any atom is 0.208 e. The molecule has 3 nitrogen and oxygen atoms in total. The van der Waals surface area contributed by atoms with Crippen LogP contribution in [0.2, 0.25) is 5.02 Å². The van der Waals surface area contributed by atoms with Crippen molar-refractivity contribution in [3.8, 4) is 6.19 Å². The van der Waals surface area contributed by atoms with Crippen LogP contribution in [0.3, 0.4) is 0 Å². The van der Waals surface area contributed by atoms with E-state index in [-0.39, 0.29) is 5.02 Å². The molecule has 0 unspecified atom stereocenters. The van der Waals surface area contributed by atoms with E-state index < -0.39 is 5.82 Å². The van der Waals surface area contributed by atoms with Crippen molar-refractivity contribution in [1.29, 1.82) is 5.26 Å². The molecule has 0 aliphatic rings. The Kier molecular flexibility index (Phi) is 4.40. The van der Waals surface area contributed by atoms with E-state index in [4.69, 9.17) is 16.9 Å². The summed E-state index contributed by atoms with van der Waals surface area (Å²) in [5.74, 6) is -0.442. The van der Waals surface area contributed by atoms with E-state index in [9.17, 15) is 4.39 Å². The van der Waals surface area contributed by atoms with E-state index in [1.165, 1.54) is 23.9 Å². The van der Waals surface area contributed by atoms with Crippen LogP contribution in [0, 0.1) is 17.3 Å².